The van der Waals surface area contributed by atoms with Crippen LogP contribution in [0.15, 0.2) is 59.8 Å². The van der Waals surface area contributed by atoms with Crippen LogP contribution in [-0.4, -0.2) is 64.5 Å². The van der Waals surface area contributed by atoms with Crippen LogP contribution in [0.5, 0.6) is 0 Å². The van der Waals surface area contributed by atoms with E-state index in [2.05, 4.69) is 23.9 Å². The van der Waals surface area contributed by atoms with Crippen LogP contribution < -0.4 is 0 Å². The summed E-state index contributed by atoms with van der Waals surface area (Å²) in [6, 6.07) is 12.6. The quantitative estimate of drug-likeness (QED) is 0.536. The molecule has 1 aliphatic heterocycles. The molecule has 2 aromatic heterocycles. The monoisotopic (exact) mass is 481 g/mol. The number of benzene rings is 1. The lowest BCUT2D eigenvalue weighted by Gasteiger charge is -2.34. The second-order valence-electron chi connectivity index (χ2n) is 9.12. The molecule has 0 spiro atoms. The molecule has 0 radical (unpaired) electrons. The summed E-state index contributed by atoms with van der Waals surface area (Å²) in [6.45, 7) is 9.35. The van der Waals surface area contributed by atoms with Gasteiger partial charge >= 0.3 is 0 Å². The molecule has 1 saturated heterocycles. The molecule has 3 aromatic rings. The highest BCUT2D eigenvalue weighted by molar-refractivity contribution is 7.89. The van der Waals surface area contributed by atoms with E-state index in [0.29, 0.717) is 30.4 Å². The maximum Gasteiger partial charge on any atom is 0.257 e. The smallest absolute Gasteiger partial charge is 0.257 e. The Bertz CT molecular complexity index is 1240. The molecule has 0 atom stereocenters. The molecule has 0 saturated carbocycles. The summed E-state index contributed by atoms with van der Waals surface area (Å²) in [5.74, 6) is 0.914. The molecule has 0 bridgehead atoms. The summed E-state index contributed by atoms with van der Waals surface area (Å²) in [6.07, 6.45) is 3.28. The third kappa shape index (κ3) is 4.63. The Morgan fingerprint density at radius 1 is 0.912 bits per heavy atom. The van der Waals surface area contributed by atoms with Gasteiger partial charge in [-0.3, -0.25) is 4.79 Å². The Labute approximate surface area is 201 Å². The Hall–Kier alpha value is -3.04. The van der Waals surface area contributed by atoms with Crippen molar-refractivity contribution in [2.24, 2.45) is 0 Å². The SMILES string of the molecule is CC(C)c1ccc(S(=O)(=O)N2CCN(C(=O)c3cnn(-c4ccccn4)c3C(C)C)CC2)cc1. The number of pyridine rings is 1. The molecule has 8 nitrogen and oxygen atoms in total. The molecule has 1 aliphatic rings. The van der Waals surface area contributed by atoms with Crippen LogP contribution in [0.1, 0.15) is 61.1 Å². The summed E-state index contributed by atoms with van der Waals surface area (Å²) >= 11 is 0. The third-order valence-corrected chi connectivity index (χ3v) is 8.07. The molecule has 3 heterocycles. The van der Waals surface area contributed by atoms with Gasteiger partial charge in [0.25, 0.3) is 5.91 Å². The first-order valence-corrected chi connectivity index (χ1v) is 13.0. The maximum atomic E-state index is 13.4. The summed E-state index contributed by atoms with van der Waals surface area (Å²) in [5, 5.41) is 4.44. The number of sulfonamides is 1. The van der Waals surface area contributed by atoms with Crippen LogP contribution >= 0.6 is 0 Å². The molecular formula is C25H31N5O3S. The predicted molar refractivity (Wildman–Crippen MR) is 131 cm³/mol. The van der Waals surface area contributed by atoms with E-state index in [9.17, 15) is 13.2 Å². The lowest BCUT2D eigenvalue weighted by Crippen LogP contribution is -2.50. The zero-order valence-corrected chi connectivity index (χ0v) is 20.9. The van der Waals surface area contributed by atoms with E-state index >= 15 is 0 Å². The van der Waals surface area contributed by atoms with Crippen molar-refractivity contribution >= 4 is 15.9 Å². The highest BCUT2D eigenvalue weighted by Gasteiger charge is 2.32. The average Bonchev–Trinajstić information content (AvgIpc) is 3.30. The molecular weight excluding hydrogens is 450 g/mol. The van der Waals surface area contributed by atoms with Crippen molar-refractivity contribution in [3.05, 3.63) is 71.7 Å². The van der Waals surface area contributed by atoms with Crippen LogP contribution in [0.3, 0.4) is 0 Å². The van der Waals surface area contributed by atoms with Crippen molar-refractivity contribution in [1.29, 1.82) is 0 Å². The van der Waals surface area contributed by atoms with Gasteiger partial charge in [-0.25, -0.2) is 18.1 Å². The predicted octanol–water partition coefficient (Wildman–Crippen LogP) is 3.66. The van der Waals surface area contributed by atoms with Crippen molar-refractivity contribution in [3.8, 4) is 5.82 Å². The molecule has 4 rings (SSSR count). The van der Waals surface area contributed by atoms with Gasteiger partial charge in [0.2, 0.25) is 10.0 Å². The Morgan fingerprint density at radius 3 is 2.15 bits per heavy atom. The van der Waals surface area contributed by atoms with Crippen molar-refractivity contribution in [2.45, 2.75) is 44.4 Å². The van der Waals surface area contributed by atoms with Crippen molar-refractivity contribution in [1.82, 2.24) is 24.0 Å². The molecule has 1 amide bonds. The van der Waals surface area contributed by atoms with Gasteiger partial charge in [0.1, 0.15) is 0 Å². The lowest BCUT2D eigenvalue weighted by molar-refractivity contribution is 0.0696. The van der Waals surface area contributed by atoms with Crippen molar-refractivity contribution < 1.29 is 13.2 Å². The molecule has 180 valence electrons. The zero-order valence-electron chi connectivity index (χ0n) is 20.0. The number of carbonyl (C=O) groups is 1. The minimum atomic E-state index is -3.60. The zero-order chi connectivity index (χ0) is 24.5. The van der Waals surface area contributed by atoms with Gasteiger partial charge < -0.3 is 4.90 Å². The van der Waals surface area contributed by atoms with Crippen LogP contribution in [0.2, 0.25) is 0 Å². The van der Waals surface area contributed by atoms with E-state index in [1.54, 1.807) is 34.1 Å². The van der Waals surface area contributed by atoms with Crippen LogP contribution in [0.4, 0.5) is 0 Å². The number of aromatic nitrogens is 3. The number of amides is 1. The van der Waals surface area contributed by atoms with Gasteiger partial charge in [-0.1, -0.05) is 45.9 Å². The lowest BCUT2D eigenvalue weighted by atomic mass is 10.0. The molecule has 0 N–H and O–H groups in total. The molecule has 1 aromatic carbocycles. The van der Waals surface area contributed by atoms with E-state index in [4.69, 9.17) is 0 Å². The second kappa shape index (κ2) is 9.68. The van der Waals surface area contributed by atoms with E-state index in [0.717, 1.165) is 11.3 Å². The fourth-order valence-electron chi connectivity index (χ4n) is 4.22. The topological polar surface area (TPSA) is 88.4 Å². The van der Waals surface area contributed by atoms with Crippen molar-refractivity contribution in [2.75, 3.05) is 26.2 Å². The second-order valence-corrected chi connectivity index (χ2v) is 11.1. The first-order chi connectivity index (χ1) is 16.2. The van der Waals surface area contributed by atoms with Gasteiger partial charge in [-0.2, -0.15) is 9.40 Å². The van der Waals surface area contributed by atoms with E-state index in [1.165, 1.54) is 4.31 Å². The summed E-state index contributed by atoms with van der Waals surface area (Å²) in [5.41, 5.74) is 2.42. The van der Waals surface area contributed by atoms with E-state index < -0.39 is 10.0 Å². The largest absolute Gasteiger partial charge is 0.336 e. The fraction of sp³-hybridized carbons (Fsp3) is 0.400. The van der Waals surface area contributed by atoms with Crippen LogP contribution in [0.25, 0.3) is 5.82 Å². The number of carbonyl (C=O) groups excluding carboxylic acids is 1. The summed E-state index contributed by atoms with van der Waals surface area (Å²) in [7, 11) is -3.60. The van der Waals surface area contributed by atoms with E-state index in [1.807, 2.05) is 44.2 Å². The standard InChI is InChI=1S/C25H31N5O3S/c1-18(2)20-8-10-21(11-9-20)34(32,33)29-15-13-28(14-16-29)25(31)22-17-27-30(24(22)19(3)4)23-7-5-6-12-26-23/h5-12,17-19H,13-16H2,1-4H3. The highest BCUT2D eigenvalue weighted by Crippen LogP contribution is 2.25. The number of hydrogen-bond acceptors (Lipinski definition) is 5. The molecule has 0 unspecified atom stereocenters. The Balaban J connectivity index is 1.49. The van der Waals surface area contributed by atoms with Gasteiger partial charge in [0.05, 0.1) is 22.3 Å². The summed E-state index contributed by atoms with van der Waals surface area (Å²) in [4.78, 5) is 19.7. The molecule has 9 heteroatoms. The van der Waals surface area contributed by atoms with Gasteiger partial charge in [-0.15, -0.1) is 0 Å². The Morgan fingerprint density at radius 2 is 1.59 bits per heavy atom. The Kier molecular flexibility index (Phi) is 6.86. The minimum absolute atomic E-state index is 0.0546. The maximum absolute atomic E-state index is 13.4. The van der Waals surface area contributed by atoms with Gasteiger partial charge in [0.15, 0.2) is 5.82 Å². The average molecular weight is 482 g/mol. The fourth-order valence-corrected chi connectivity index (χ4v) is 5.64. The number of rotatable bonds is 6. The number of piperazine rings is 1. The molecule has 0 aliphatic carbocycles. The van der Waals surface area contributed by atoms with Crippen LogP contribution in [-0.2, 0) is 10.0 Å². The number of hydrogen-bond donors (Lipinski definition) is 0. The van der Waals surface area contributed by atoms with Crippen LogP contribution in [0, 0.1) is 0 Å². The normalized spacial score (nSPS) is 15.3. The minimum Gasteiger partial charge on any atom is -0.336 e. The highest BCUT2D eigenvalue weighted by atomic mass is 32.2. The van der Waals surface area contributed by atoms with Crippen molar-refractivity contribution in [3.63, 3.8) is 0 Å². The molecule has 1 fully saturated rings. The van der Waals surface area contributed by atoms with Gasteiger partial charge in [0, 0.05) is 32.4 Å². The van der Waals surface area contributed by atoms with E-state index in [-0.39, 0.29) is 29.8 Å². The van der Waals surface area contributed by atoms with Gasteiger partial charge in [-0.05, 0) is 41.7 Å². The first-order valence-electron chi connectivity index (χ1n) is 11.6. The molecule has 34 heavy (non-hydrogen) atoms. The first kappa shape index (κ1) is 24.1. The summed E-state index contributed by atoms with van der Waals surface area (Å²) < 4.78 is 29.4. The number of nitrogens with zero attached hydrogens (tertiary/aromatic N) is 5. The third-order valence-electron chi connectivity index (χ3n) is 6.16.